The van der Waals surface area contributed by atoms with Gasteiger partial charge in [-0.25, -0.2) is 13.1 Å². The third-order valence-electron chi connectivity index (χ3n) is 1.59. The molecule has 0 aliphatic rings. The molecule has 14 heavy (non-hydrogen) atoms. The minimum Gasteiger partial charge on any atom is -0.361 e. The monoisotopic (exact) mass is 218 g/mol. The third-order valence-corrected chi connectivity index (χ3v) is 2.91. The van der Waals surface area contributed by atoms with Gasteiger partial charge in [0.05, 0.1) is 0 Å². The number of aromatic nitrogens is 1. The van der Waals surface area contributed by atoms with E-state index >= 15 is 0 Å². The SMILES string of the molecule is CCCNS(=O)(=O)Cc1cc(C)on1. The van der Waals surface area contributed by atoms with Gasteiger partial charge in [-0.3, -0.25) is 0 Å². The molecule has 1 aromatic rings. The summed E-state index contributed by atoms with van der Waals surface area (Å²) < 4.78 is 30.0. The van der Waals surface area contributed by atoms with Crippen molar-refractivity contribution in [2.75, 3.05) is 6.54 Å². The molecule has 6 heteroatoms. The van der Waals surface area contributed by atoms with Crippen LogP contribution in [0.5, 0.6) is 0 Å². The first-order valence-corrected chi connectivity index (χ1v) is 6.08. The van der Waals surface area contributed by atoms with Crippen LogP contribution in [-0.2, 0) is 15.8 Å². The van der Waals surface area contributed by atoms with Gasteiger partial charge in [-0.1, -0.05) is 12.1 Å². The first-order chi connectivity index (χ1) is 6.53. The molecule has 5 nitrogen and oxygen atoms in total. The second kappa shape index (κ2) is 4.56. The molecular weight excluding hydrogens is 204 g/mol. The molecule has 1 rings (SSSR count). The van der Waals surface area contributed by atoms with Gasteiger partial charge in [0, 0.05) is 12.6 Å². The zero-order chi connectivity index (χ0) is 10.6. The fourth-order valence-electron chi connectivity index (χ4n) is 0.989. The maximum Gasteiger partial charge on any atom is 0.217 e. The molecular formula is C8H14N2O3S. The highest BCUT2D eigenvalue weighted by Crippen LogP contribution is 2.05. The van der Waals surface area contributed by atoms with Crippen molar-refractivity contribution in [3.05, 3.63) is 17.5 Å². The van der Waals surface area contributed by atoms with Gasteiger partial charge >= 0.3 is 0 Å². The number of hydrogen-bond acceptors (Lipinski definition) is 4. The highest BCUT2D eigenvalue weighted by Gasteiger charge is 2.13. The Bertz CT molecular complexity index is 383. The van der Waals surface area contributed by atoms with Crippen LogP contribution in [-0.4, -0.2) is 20.1 Å². The topological polar surface area (TPSA) is 72.2 Å². The highest BCUT2D eigenvalue weighted by atomic mass is 32.2. The zero-order valence-corrected chi connectivity index (χ0v) is 9.10. The van der Waals surface area contributed by atoms with Crippen molar-refractivity contribution >= 4 is 10.0 Å². The molecule has 0 aromatic carbocycles. The van der Waals surface area contributed by atoms with E-state index in [0.29, 0.717) is 18.0 Å². The van der Waals surface area contributed by atoms with Gasteiger partial charge in [0.15, 0.2) is 0 Å². The Morgan fingerprint density at radius 2 is 2.29 bits per heavy atom. The van der Waals surface area contributed by atoms with Gasteiger partial charge in [-0.05, 0) is 13.3 Å². The molecule has 0 radical (unpaired) electrons. The Hall–Kier alpha value is -0.880. The number of nitrogens with one attached hydrogen (secondary N) is 1. The summed E-state index contributed by atoms with van der Waals surface area (Å²) in [4.78, 5) is 0. The Labute approximate surface area is 83.5 Å². The molecule has 0 saturated heterocycles. The highest BCUT2D eigenvalue weighted by molar-refractivity contribution is 7.88. The Morgan fingerprint density at radius 1 is 1.57 bits per heavy atom. The summed E-state index contributed by atoms with van der Waals surface area (Å²) in [6.07, 6.45) is 0.775. The normalized spacial score (nSPS) is 11.9. The molecule has 80 valence electrons. The number of nitrogens with zero attached hydrogens (tertiary/aromatic N) is 1. The van der Waals surface area contributed by atoms with Crippen LogP contribution in [0.3, 0.4) is 0 Å². The average Bonchev–Trinajstić information content (AvgIpc) is 2.47. The molecule has 0 aliphatic carbocycles. The van der Waals surface area contributed by atoms with E-state index in [1.54, 1.807) is 13.0 Å². The van der Waals surface area contributed by atoms with Crippen molar-refractivity contribution in [3.63, 3.8) is 0 Å². The molecule has 0 saturated carbocycles. The van der Waals surface area contributed by atoms with Crippen LogP contribution in [0.25, 0.3) is 0 Å². The van der Waals surface area contributed by atoms with E-state index in [4.69, 9.17) is 4.52 Å². The first kappa shape index (κ1) is 11.2. The molecule has 0 bridgehead atoms. The number of rotatable bonds is 5. The van der Waals surface area contributed by atoms with Gasteiger partial charge in [0.2, 0.25) is 10.0 Å². The van der Waals surface area contributed by atoms with Crippen molar-refractivity contribution in [2.24, 2.45) is 0 Å². The number of hydrogen-bond donors (Lipinski definition) is 1. The van der Waals surface area contributed by atoms with E-state index in [2.05, 4.69) is 9.88 Å². The Kier molecular flexibility index (Phi) is 3.65. The average molecular weight is 218 g/mol. The van der Waals surface area contributed by atoms with Gasteiger partial charge in [0.1, 0.15) is 17.2 Å². The summed E-state index contributed by atoms with van der Waals surface area (Å²) in [5.74, 6) is 0.496. The van der Waals surface area contributed by atoms with Crippen LogP contribution < -0.4 is 4.72 Å². The van der Waals surface area contributed by atoms with Crippen LogP contribution in [0.1, 0.15) is 24.8 Å². The largest absolute Gasteiger partial charge is 0.361 e. The summed E-state index contributed by atoms with van der Waals surface area (Å²) in [5, 5.41) is 3.61. The summed E-state index contributed by atoms with van der Waals surface area (Å²) in [6, 6.07) is 1.62. The molecule has 0 fully saturated rings. The molecule has 0 aliphatic heterocycles. The fraction of sp³-hybridized carbons (Fsp3) is 0.625. The van der Waals surface area contributed by atoms with E-state index in [0.717, 1.165) is 6.42 Å². The standard InChI is InChI=1S/C8H14N2O3S/c1-3-4-9-14(11,12)6-8-5-7(2)13-10-8/h5,9H,3-4,6H2,1-2H3. The van der Waals surface area contributed by atoms with Crippen LogP contribution >= 0.6 is 0 Å². The lowest BCUT2D eigenvalue weighted by Gasteiger charge is -2.01. The Morgan fingerprint density at radius 3 is 2.79 bits per heavy atom. The van der Waals surface area contributed by atoms with Crippen LogP contribution in [0, 0.1) is 6.92 Å². The van der Waals surface area contributed by atoms with Gasteiger partial charge < -0.3 is 4.52 Å². The lowest BCUT2D eigenvalue weighted by Crippen LogP contribution is -2.25. The molecule has 1 aromatic heterocycles. The predicted octanol–water partition coefficient (Wildman–Crippen LogP) is 0.812. The van der Waals surface area contributed by atoms with Crippen molar-refractivity contribution in [2.45, 2.75) is 26.0 Å². The van der Waals surface area contributed by atoms with Crippen molar-refractivity contribution in [1.82, 2.24) is 9.88 Å². The van der Waals surface area contributed by atoms with Crippen molar-refractivity contribution in [3.8, 4) is 0 Å². The second-order valence-electron chi connectivity index (χ2n) is 3.08. The summed E-state index contributed by atoms with van der Waals surface area (Å²) in [6.45, 7) is 4.09. The summed E-state index contributed by atoms with van der Waals surface area (Å²) in [5.41, 5.74) is 0.436. The molecule has 0 spiro atoms. The van der Waals surface area contributed by atoms with E-state index in [1.807, 2.05) is 6.92 Å². The molecule has 0 amide bonds. The second-order valence-corrected chi connectivity index (χ2v) is 4.89. The molecule has 1 heterocycles. The Balaban J connectivity index is 2.59. The quantitative estimate of drug-likeness (QED) is 0.794. The fourth-order valence-corrected chi connectivity index (χ4v) is 2.13. The van der Waals surface area contributed by atoms with Gasteiger partial charge in [-0.2, -0.15) is 0 Å². The zero-order valence-electron chi connectivity index (χ0n) is 8.28. The van der Waals surface area contributed by atoms with E-state index in [1.165, 1.54) is 0 Å². The maximum absolute atomic E-state index is 11.4. The van der Waals surface area contributed by atoms with Gasteiger partial charge in [-0.15, -0.1) is 0 Å². The van der Waals surface area contributed by atoms with Crippen molar-refractivity contribution in [1.29, 1.82) is 0 Å². The van der Waals surface area contributed by atoms with Crippen LogP contribution in [0.15, 0.2) is 10.6 Å². The van der Waals surface area contributed by atoms with Crippen LogP contribution in [0.4, 0.5) is 0 Å². The summed E-state index contributed by atoms with van der Waals surface area (Å²) >= 11 is 0. The molecule has 0 atom stereocenters. The minimum atomic E-state index is -3.26. The first-order valence-electron chi connectivity index (χ1n) is 4.43. The maximum atomic E-state index is 11.4. The van der Waals surface area contributed by atoms with E-state index in [9.17, 15) is 8.42 Å². The smallest absolute Gasteiger partial charge is 0.217 e. The predicted molar refractivity (Wildman–Crippen MR) is 52.2 cm³/mol. The number of aryl methyl sites for hydroxylation is 1. The molecule has 1 N–H and O–H groups in total. The van der Waals surface area contributed by atoms with Crippen LogP contribution in [0.2, 0.25) is 0 Å². The van der Waals surface area contributed by atoms with Crippen molar-refractivity contribution < 1.29 is 12.9 Å². The van der Waals surface area contributed by atoms with E-state index < -0.39 is 10.0 Å². The lowest BCUT2D eigenvalue weighted by molar-refractivity contribution is 0.392. The third kappa shape index (κ3) is 3.47. The lowest BCUT2D eigenvalue weighted by atomic mass is 10.4. The number of sulfonamides is 1. The van der Waals surface area contributed by atoms with E-state index in [-0.39, 0.29) is 5.75 Å². The van der Waals surface area contributed by atoms with Gasteiger partial charge in [0.25, 0.3) is 0 Å². The minimum absolute atomic E-state index is 0.121. The summed E-state index contributed by atoms with van der Waals surface area (Å²) in [7, 11) is -3.26. The molecule has 0 unspecified atom stereocenters.